The van der Waals surface area contributed by atoms with E-state index in [1.54, 1.807) is 44.3 Å². The average molecular weight is 267 g/mol. The third-order valence-corrected chi connectivity index (χ3v) is 2.73. The van der Waals surface area contributed by atoms with Gasteiger partial charge in [-0.3, -0.25) is 4.79 Å². The molecule has 19 heavy (non-hydrogen) atoms. The molecular formula is C14H21NO4. The van der Waals surface area contributed by atoms with Crippen LogP contribution in [0.5, 0.6) is 11.5 Å². The van der Waals surface area contributed by atoms with Gasteiger partial charge in [-0.1, -0.05) is 0 Å². The molecule has 0 fully saturated rings. The van der Waals surface area contributed by atoms with Crippen LogP contribution in [-0.4, -0.2) is 43.7 Å². The fourth-order valence-corrected chi connectivity index (χ4v) is 1.58. The van der Waals surface area contributed by atoms with Gasteiger partial charge in [0.1, 0.15) is 11.5 Å². The van der Waals surface area contributed by atoms with Gasteiger partial charge in [0.05, 0.1) is 20.3 Å². The van der Waals surface area contributed by atoms with Gasteiger partial charge in [-0.25, -0.2) is 0 Å². The fraction of sp³-hybridized carbons (Fsp3) is 0.500. The normalized spacial score (nSPS) is 10.1. The molecular weight excluding hydrogens is 246 g/mol. The maximum Gasteiger partial charge on any atom is 0.222 e. The van der Waals surface area contributed by atoms with Crippen molar-refractivity contribution in [2.45, 2.75) is 19.4 Å². The van der Waals surface area contributed by atoms with Gasteiger partial charge >= 0.3 is 0 Å². The molecule has 0 aliphatic rings. The second kappa shape index (κ2) is 7.63. The number of methoxy groups -OCH3 is 1. The van der Waals surface area contributed by atoms with Crippen molar-refractivity contribution >= 4 is 5.91 Å². The van der Waals surface area contributed by atoms with Gasteiger partial charge in [-0.05, 0) is 24.6 Å². The summed E-state index contributed by atoms with van der Waals surface area (Å²) in [6.45, 7) is 0.335. The number of rotatable bonds is 7. The molecule has 1 aromatic rings. The SMILES string of the molecule is COc1ccc(OCCCC(=O)N(C)C)c(CO)c1. The van der Waals surface area contributed by atoms with Crippen molar-refractivity contribution in [2.24, 2.45) is 0 Å². The number of amides is 1. The van der Waals surface area contributed by atoms with Crippen molar-refractivity contribution < 1.29 is 19.4 Å². The van der Waals surface area contributed by atoms with E-state index in [1.807, 2.05) is 0 Å². The van der Waals surface area contributed by atoms with Crippen LogP contribution >= 0.6 is 0 Å². The van der Waals surface area contributed by atoms with Gasteiger partial charge in [0.2, 0.25) is 5.91 Å². The summed E-state index contributed by atoms with van der Waals surface area (Å²) in [7, 11) is 5.04. The molecule has 1 rings (SSSR count). The lowest BCUT2D eigenvalue weighted by molar-refractivity contribution is -0.128. The first-order valence-electron chi connectivity index (χ1n) is 6.19. The zero-order valence-electron chi connectivity index (χ0n) is 11.7. The van der Waals surface area contributed by atoms with Crippen LogP contribution in [0.4, 0.5) is 0 Å². The van der Waals surface area contributed by atoms with Gasteiger partial charge in [0.15, 0.2) is 0 Å². The Morgan fingerprint density at radius 2 is 2.11 bits per heavy atom. The number of aliphatic hydroxyl groups is 1. The minimum Gasteiger partial charge on any atom is -0.497 e. The molecule has 5 nitrogen and oxygen atoms in total. The number of carbonyl (C=O) groups excluding carboxylic acids is 1. The molecule has 0 spiro atoms. The van der Waals surface area contributed by atoms with Crippen molar-refractivity contribution in [1.29, 1.82) is 0 Å². The van der Waals surface area contributed by atoms with Crippen LogP contribution in [-0.2, 0) is 11.4 Å². The third kappa shape index (κ3) is 4.79. The Balaban J connectivity index is 2.47. The first kappa shape index (κ1) is 15.3. The monoisotopic (exact) mass is 267 g/mol. The minimum atomic E-state index is -0.108. The number of hydrogen-bond acceptors (Lipinski definition) is 4. The largest absolute Gasteiger partial charge is 0.497 e. The summed E-state index contributed by atoms with van der Waals surface area (Å²) in [5.74, 6) is 1.39. The van der Waals surface area contributed by atoms with Gasteiger partial charge in [-0.15, -0.1) is 0 Å². The number of aliphatic hydroxyl groups excluding tert-OH is 1. The molecule has 1 N–H and O–H groups in total. The Morgan fingerprint density at radius 1 is 1.37 bits per heavy atom. The van der Waals surface area contributed by atoms with Crippen molar-refractivity contribution in [2.75, 3.05) is 27.8 Å². The lowest BCUT2D eigenvalue weighted by atomic mass is 10.2. The van der Waals surface area contributed by atoms with Crippen LogP contribution in [0.2, 0.25) is 0 Å². The number of ether oxygens (including phenoxy) is 2. The highest BCUT2D eigenvalue weighted by Gasteiger charge is 2.06. The molecule has 0 atom stereocenters. The smallest absolute Gasteiger partial charge is 0.222 e. The van der Waals surface area contributed by atoms with Crippen molar-refractivity contribution in [1.82, 2.24) is 4.90 Å². The summed E-state index contributed by atoms with van der Waals surface area (Å²) < 4.78 is 10.6. The summed E-state index contributed by atoms with van der Waals surface area (Å²) >= 11 is 0. The zero-order valence-corrected chi connectivity index (χ0v) is 11.7. The summed E-state index contributed by atoms with van der Waals surface area (Å²) in [4.78, 5) is 12.9. The lowest BCUT2D eigenvalue weighted by Gasteiger charge is -2.12. The highest BCUT2D eigenvalue weighted by molar-refractivity contribution is 5.75. The molecule has 0 heterocycles. The highest BCUT2D eigenvalue weighted by atomic mass is 16.5. The van der Waals surface area contributed by atoms with E-state index < -0.39 is 0 Å². The summed E-state index contributed by atoms with van der Waals surface area (Å²) in [6, 6.07) is 5.28. The molecule has 5 heteroatoms. The number of benzene rings is 1. The standard InChI is InChI=1S/C14H21NO4/c1-15(2)14(17)5-4-8-19-13-7-6-12(18-3)9-11(13)10-16/h6-7,9,16H,4-5,8,10H2,1-3H3. The summed E-state index contributed by atoms with van der Waals surface area (Å²) in [5.41, 5.74) is 0.679. The number of nitrogens with zero attached hydrogens (tertiary/aromatic N) is 1. The van der Waals surface area contributed by atoms with E-state index >= 15 is 0 Å². The second-order valence-electron chi connectivity index (χ2n) is 4.37. The van der Waals surface area contributed by atoms with Crippen LogP contribution in [0.3, 0.4) is 0 Å². The first-order valence-corrected chi connectivity index (χ1v) is 6.19. The van der Waals surface area contributed by atoms with Crippen LogP contribution in [0.15, 0.2) is 18.2 Å². The van der Waals surface area contributed by atoms with E-state index in [1.165, 1.54) is 0 Å². The average Bonchev–Trinajstić information content (AvgIpc) is 2.43. The maximum atomic E-state index is 11.4. The molecule has 0 bridgehead atoms. The molecule has 0 saturated carbocycles. The molecule has 0 unspecified atom stereocenters. The van der Waals surface area contributed by atoms with Crippen LogP contribution in [0.1, 0.15) is 18.4 Å². The Morgan fingerprint density at radius 3 is 2.68 bits per heavy atom. The van der Waals surface area contributed by atoms with Crippen LogP contribution in [0, 0.1) is 0 Å². The molecule has 0 aliphatic carbocycles. The minimum absolute atomic E-state index is 0.0840. The Hall–Kier alpha value is -1.75. The summed E-state index contributed by atoms with van der Waals surface area (Å²) in [5, 5.41) is 9.26. The molecule has 106 valence electrons. The van der Waals surface area contributed by atoms with E-state index in [0.717, 1.165) is 0 Å². The Bertz CT molecular complexity index is 418. The maximum absolute atomic E-state index is 11.4. The van der Waals surface area contributed by atoms with E-state index in [9.17, 15) is 9.90 Å². The van der Waals surface area contributed by atoms with Gasteiger partial charge < -0.3 is 19.5 Å². The van der Waals surface area contributed by atoms with Gasteiger partial charge in [0.25, 0.3) is 0 Å². The van der Waals surface area contributed by atoms with Crippen molar-refractivity contribution in [3.63, 3.8) is 0 Å². The molecule has 0 aromatic heterocycles. The Kier molecular flexibility index (Phi) is 6.15. The van der Waals surface area contributed by atoms with Crippen LogP contribution < -0.4 is 9.47 Å². The molecule has 0 radical (unpaired) electrons. The predicted octanol–water partition coefficient (Wildman–Crippen LogP) is 1.43. The van der Waals surface area contributed by atoms with E-state index in [2.05, 4.69) is 0 Å². The highest BCUT2D eigenvalue weighted by Crippen LogP contribution is 2.24. The third-order valence-electron chi connectivity index (χ3n) is 2.73. The topological polar surface area (TPSA) is 59.0 Å². The second-order valence-corrected chi connectivity index (χ2v) is 4.37. The first-order chi connectivity index (χ1) is 9.08. The molecule has 0 aliphatic heterocycles. The number of carbonyl (C=O) groups is 1. The lowest BCUT2D eigenvalue weighted by Crippen LogP contribution is -2.21. The molecule has 1 amide bonds. The van der Waals surface area contributed by atoms with Crippen molar-refractivity contribution in [3.8, 4) is 11.5 Å². The van der Waals surface area contributed by atoms with E-state index in [-0.39, 0.29) is 12.5 Å². The predicted molar refractivity (Wildman–Crippen MR) is 72.3 cm³/mol. The summed E-state index contributed by atoms with van der Waals surface area (Å²) in [6.07, 6.45) is 1.10. The number of hydrogen-bond donors (Lipinski definition) is 1. The molecule has 1 aromatic carbocycles. The zero-order chi connectivity index (χ0) is 14.3. The van der Waals surface area contributed by atoms with Crippen molar-refractivity contribution in [3.05, 3.63) is 23.8 Å². The van der Waals surface area contributed by atoms with Gasteiger partial charge in [0, 0.05) is 26.1 Å². The Labute approximate surface area is 113 Å². The fourth-order valence-electron chi connectivity index (χ4n) is 1.58. The quantitative estimate of drug-likeness (QED) is 0.759. The van der Waals surface area contributed by atoms with Crippen LogP contribution in [0.25, 0.3) is 0 Å². The molecule has 0 saturated heterocycles. The van der Waals surface area contributed by atoms with E-state index in [4.69, 9.17) is 9.47 Å². The van der Waals surface area contributed by atoms with E-state index in [0.29, 0.717) is 36.5 Å². The van der Waals surface area contributed by atoms with Gasteiger partial charge in [-0.2, -0.15) is 0 Å².